The van der Waals surface area contributed by atoms with Gasteiger partial charge in [0.05, 0.1) is 24.3 Å². The number of anilines is 1. The number of hydrogen-bond donors (Lipinski definition) is 0. The molecule has 1 amide bonds. The van der Waals surface area contributed by atoms with Crippen LogP contribution in [0.15, 0.2) is 41.1 Å². The number of rotatable bonds is 4. The van der Waals surface area contributed by atoms with Gasteiger partial charge in [-0.3, -0.25) is 9.69 Å². The molecule has 0 bridgehead atoms. The van der Waals surface area contributed by atoms with Crippen molar-refractivity contribution in [1.82, 2.24) is 14.8 Å². The first-order valence-electron chi connectivity index (χ1n) is 9.88. The molecular formula is C21H25N5O2. The van der Waals surface area contributed by atoms with Gasteiger partial charge in [-0.05, 0) is 43.7 Å². The van der Waals surface area contributed by atoms with Crippen LogP contribution in [-0.4, -0.2) is 60.0 Å². The molecule has 0 radical (unpaired) electrons. The lowest BCUT2D eigenvalue weighted by molar-refractivity contribution is -0.137. The summed E-state index contributed by atoms with van der Waals surface area (Å²) in [5.41, 5.74) is 0.586. The summed E-state index contributed by atoms with van der Waals surface area (Å²) in [7, 11) is 0. The first-order chi connectivity index (χ1) is 13.7. The van der Waals surface area contributed by atoms with Gasteiger partial charge in [-0.1, -0.05) is 0 Å². The van der Waals surface area contributed by atoms with Crippen molar-refractivity contribution < 1.29 is 9.21 Å². The monoisotopic (exact) mass is 379 g/mol. The molecule has 28 heavy (non-hydrogen) atoms. The van der Waals surface area contributed by atoms with E-state index in [-0.39, 0.29) is 11.8 Å². The molecule has 1 atom stereocenters. The van der Waals surface area contributed by atoms with Gasteiger partial charge in [-0.15, -0.1) is 0 Å². The number of pyridine rings is 1. The van der Waals surface area contributed by atoms with Gasteiger partial charge in [0.15, 0.2) is 0 Å². The Balaban J connectivity index is 1.33. The van der Waals surface area contributed by atoms with Crippen molar-refractivity contribution in [2.45, 2.75) is 19.4 Å². The van der Waals surface area contributed by atoms with Gasteiger partial charge >= 0.3 is 0 Å². The smallest absolute Gasteiger partial charge is 0.227 e. The van der Waals surface area contributed by atoms with E-state index in [0.29, 0.717) is 31.7 Å². The minimum absolute atomic E-state index is 0.0554. The highest BCUT2D eigenvalue weighted by Crippen LogP contribution is 2.23. The Morgan fingerprint density at radius 2 is 2.07 bits per heavy atom. The summed E-state index contributed by atoms with van der Waals surface area (Å²) in [6.45, 7) is 5.33. The topological polar surface area (TPSA) is 76.6 Å². The summed E-state index contributed by atoms with van der Waals surface area (Å²) >= 11 is 0. The molecule has 2 aromatic rings. The van der Waals surface area contributed by atoms with Gasteiger partial charge in [0.1, 0.15) is 17.6 Å². The second kappa shape index (κ2) is 8.44. The van der Waals surface area contributed by atoms with E-state index in [1.807, 2.05) is 17.0 Å². The number of furan rings is 1. The summed E-state index contributed by atoms with van der Waals surface area (Å²) in [6, 6.07) is 9.66. The fraction of sp³-hybridized carbons (Fsp3) is 0.476. The van der Waals surface area contributed by atoms with Crippen LogP contribution in [0.3, 0.4) is 0 Å². The zero-order valence-electron chi connectivity index (χ0n) is 16.0. The van der Waals surface area contributed by atoms with Crippen LogP contribution in [0.25, 0.3) is 0 Å². The van der Waals surface area contributed by atoms with Crippen LogP contribution in [0, 0.1) is 17.2 Å². The molecule has 4 heterocycles. The van der Waals surface area contributed by atoms with Crippen LogP contribution in [0.2, 0.25) is 0 Å². The summed E-state index contributed by atoms with van der Waals surface area (Å²) in [6.07, 6.45) is 5.40. The van der Waals surface area contributed by atoms with Crippen molar-refractivity contribution in [1.29, 1.82) is 5.26 Å². The molecule has 0 N–H and O–H groups in total. The third-order valence-electron chi connectivity index (χ3n) is 5.61. The zero-order chi connectivity index (χ0) is 19.3. The minimum Gasteiger partial charge on any atom is -0.468 e. The van der Waals surface area contributed by atoms with Crippen LogP contribution < -0.4 is 4.90 Å². The van der Waals surface area contributed by atoms with E-state index >= 15 is 0 Å². The van der Waals surface area contributed by atoms with Gasteiger partial charge in [0.2, 0.25) is 5.91 Å². The van der Waals surface area contributed by atoms with Crippen molar-refractivity contribution in [3.63, 3.8) is 0 Å². The Labute approximate surface area is 165 Å². The van der Waals surface area contributed by atoms with Crippen LogP contribution in [0.4, 0.5) is 5.82 Å². The molecule has 0 aromatic carbocycles. The molecule has 146 valence electrons. The Morgan fingerprint density at radius 3 is 2.82 bits per heavy atom. The maximum atomic E-state index is 13.1. The first kappa shape index (κ1) is 18.5. The molecule has 0 saturated carbocycles. The number of piperidine rings is 1. The fourth-order valence-electron chi connectivity index (χ4n) is 4.16. The molecule has 2 aromatic heterocycles. The van der Waals surface area contributed by atoms with Gasteiger partial charge in [0.25, 0.3) is 0 Å². The molecule has 1 unspecified atom stereocenters. The Hall–Kier alpha value is -2.85. The van der Waals surface area contributed by atoms with Crippen molar-refractivity contribution in [3.05, 3.63) is 48.0 Å². The zero-order valence-corrected chi connectivity index (χ0v) is 16.0. The van der Waals surface area contributed by atoms with E-state index in [1.165, 1.54) is 0 Å². The molecular weight excluding hydrogens is 354 g/mol. The van der Waals surface area contributed by atoms with Gasteiger partial charge in [0, 0.05) is 38.9 Å². The maximum absolute atomic E-state index is 13.1. The lowest BCUT2D eigenvalue weighted by Gasteiger charge is -2.39. The van der Waals surface area contributed by atoms with E-state index in [4.69, 9.17) is 4.42 Å². The molecule has 2 aliphatic heterocycles. The standard InChI is InChI=1S/C21H25N5O2/c22-14-17-4-1-7-23-20(17)25-9-11-26(12-10-25)21(27)18-5-2-8-24(15-18)16-19-6-3-13-28-19/h1,3-4,6-7,13,18H,2,5,8-12,15-16H2. The van der Waals surface area contributed by atoms with Crippen molar-refractivity contribution in [2.75, 3.05) is 44.2 Å². The number of nitriles is 1. The van der Waals surface area contributed by atoms with Crippen LogP contribution in [-0.2, 0) is 11.3 Å². The summed E-state index contributed by atoms with van der Waals surface area (Å²) in [5.74, 6) is 1.98. The second-order valence-corrected chi connectivity index (χ2v) is 7.45. The number of piperazine rings is 1. The molecule has 0 spiro atoms. The quantitative estimate of drug-likeness (QED) is 0.810. The lowest BCUT2D eigenvalue weighted by Crippen LogP contribution is -2.52. The number of carbonyl (C=O) groups excluding carboxylic acids is 1. The fourth-order valence-corrected chi connectivity index (χ4v) is 4.16. The Kier molecular flexibility index (Phi) is 5.58. The van der Waals surface area contributed by atoms with Crippen molar-refractivity contribution in [2.24, 2.45) is 5.92 Å². The number of aromatic nitrogens is 1. The van der Waals surface area contributed by atoms with Crippen LogP contribution in [0.5, 0.6) is 0 Å². The van der Waals surface area contributed by atoms with E-state index < -0.39 is 0 Å². The van der Waals surface area contributed by atoms with Crippen LogP contribution in [0.1, 0.15) is 24.2 Å². The third-order valence-corrected chi connectivity index (χ3v) is 5.61. The number of hydrogen-bond acceptors (Lipinski definition) is 6. The van der Waals surface area contributed by atoms with Crippen molar-refractivity contribution >= 4 is 11.7 Å². The normalized spacial score (nSPS) is 20.8. The number of carbonyl (C=O) groups is 1. The van der Waals surface area contributed by atoms with Crippen molar-refractivity contribution in [3.8, 4) is 6.07 Å². The van der Waals surface area contributed by atoms with Gasteiger partial charge in [-0.25, -0.2) is 4.98 Å². The molecule has 7 nitrogen and oxygen atoms in total. The predicted molar refractivity (Wildman–Crippen MR) is 104 cm³/mol. The molecule has 0 aliphatic carbocycles. The SMILES string of the molecule is N#Cc1cccnc1N1CCN(C(=O)C2CCCN(Cc3ccco3)C2)CC1. The number of amides is 1. The number of nitrogens with zero attached hydrogens (tertiary/aromatic N) is 5. The summed E-state index contributed by atoms with van der Waals surface area (Å²) in [5, 5.41) is 9.28. The van der Waals surface area contributed by atoms with Gasteiger partial charge < -0.3 is 14.2 Å². The summed E-state index contributed by atoms with van der Waals surface area (Å²) in [4.78, 5) is 23.8. The molecule has 2 fully saturated rings. The highest BCUT2D eigenvalue weighted by Gasteiger charge is 2.31. The molecule has 2 saturated heterocycles. The number of likely N-dealkylation sites (tertiary alicyclic amines) is 1. The minimum atomic E-state index is 0.0554. The largest absolute Gasteiger partial charge is 0.468 e. The summed E-state index contributed by atoms with van der Waals surface area (Å²) < 4.78 is 5.45. The molecule has 7 heteroatoms. The average Bonchev–Trinajstić information content (AvgIpc) is 3.26. The molecule has 4 rings (SSSR count). The van der Waals surface area contributed by atoms with E-state index in [9.17, 15) is 10.1 Å². The highest BCUT2D eigenvalue weighted by molar-refractivity contribution is 5.79. The first-order valence-corrected chi connectivity index (χ1v) is 9.88. The Bertz CT molecular complexity index is 837. The predicted octanol–water partition coefficient (Wildman–Crippen LogP) is 2.11. The van der Waals surface area contributed by atoms with Gasteiger partial charge in [-0.2, -0.15) is 5.26 Å². The van der Waals surface area contributed by atoms with E-state index in [2.05, 4.69) is 20.9 Å². The lowest BCUT2D eigenvalue weighted by atomic mass is 9.96. The second-order valence-electron chi connectivity index (χ2n) is 7.45. The van der Waals surface area contributed by atoms with E-state index in [1.54, 1.807) is 24.6 Å². The van der Waals surface area contributed by atoms with E-state index in [0.717, 1.165) is 44.1 Å². The highest BCUT2D eigenvalue weighted by atomic mass is 16.3. The maximum Gasteiger partial charge on any atom is 0.227 e. The molecule has 2 aliphatic rings. The average molecular weight is 379 g/mol. The van der Waals surface area contributed by atoms with Crippen LogP contribution >= 0.6 is 0 Å². The third kappa shape index (κ3) is 4.02. The Morgan fingerprint density at radius 1 is 1.21 bits per heavy atom.